The highest BCUT2D eigenvalue weighted by Crippen LogP contribution is 2.30. The zero-order chi connectivity index (χ0) is 21.1. The van der Waals surface area contributed by atoms with E-state index in [1.54, 1.807) is 6.26 Å². The predicted octanol–water partition coefficient (Wildman–Crippen LogP) is 3.55. The highest BCUT2D eigenvalue weighted by atomic mass is 16.5. The molecule has 1 saturated carbocycles. The third-order valence-electron chi connectivity index (χ3n) is 6.06. The van der Waals surface area contributed by atoms with Gasteiger partial charge in [0.25, 0.3) is 5.91 Å². The smallest absolute Gasteiger partial charge is 0.321 e. The second-order valence-electron chi connectivity index (χ2n) is 8.34. The van der Waals surface area contributed by atoms with Crippen molar-refractivity contribution in [2.24, 2.45) is 0 Å². The molecule has 2 aromatic rings. The van der Waals surface area contributed by atoms with Crippen molar-refractivity contribution < 1.29 is 23.5 Å². The molecular formula is C23H28N2O5. The lowest BCUT2D eigenvalue weighted by Gasteiger charge is -2.23. The molecule has 1 aromatic heterocycles. The summed E-state index contributed by atoms with van der Waals surface area (Å²) in [6.07, 6.45) is 8.96. The van der Waals surface area contributed by atoms with Crippen molar-refractivity contribution in [3.63, 3.8) is 0 Å². The number of rotatable bonds is 5. The van der Waals surface area contributed by atoms with Crippen LogP contribution in [0.5, 0.6) is 0 Å². The van der Waals surface area contributed by atoms with Gasteiger partial charge in [0, 0.05) is 17.0 Å². The summed E-state index contributed by atoms with van der Waals surface area (Å²) in [5, 5.41) is 5.99. The quantitative estimate of drug-likeness (QED) is 0.732. The Labute approximate surface area is 175 Å². The van der Waals surface area contributed by atoms with Crippen molar-refractivity contribution in [2.75, 3.05) is 0 Å². The second-order valence-corrected chi connectivity index (χ2v) is 8.34. The fraction of sp³-hybridized carbons (Fsp3) is 0.522. The Balaban J connectivity index is 1.29. The number of carbonyl (C=O) groups is 3. The molecule has 0 spiro atoms. The van der Waals surface area contributed by atoms with Crippen LogP contribution < -0.4 is 10.6 Å². The summed E-state index contributed by atoms with van der Waals surface area (Å²) in [4.78, 5) is 36.6. The highest BCUT2D eigenvalue weighted by Gasteiger charge is 2.23. The Kier molecular flexibility index (Phi) is 6.06. The fourth-order valence-corrected chi connectivity index (χ4v) is 4.41. The number of ether oxygens (including phenoxy) is 1. The van der Waals surface area contributed by atoms with E-state index in [2.05, 4.69) is 16.7 Å². The van der Waals surface area contributed by atoms with Gasteiger partial charge in [-0.05, 0) is 62.3 Å². The monoisotopic (exact) mass is 412 g/mol. The van der Waals surface area contributed by atoms with Crippen LogP contribution in [0.2, 0.25) is 0 Å². The first-order valence-electron chi connectivity index (χ1n) is 10.8. The van der Waals surface area contributed by atoms with Gasteiger partial charge in [-0.15, -0.1) is 0 Å². The number of furan rings is 1. The summed E-state index contributed by atoms with van der Waals surface area (Å²) in [7, 11) is 0. The standard InChI is InChI=1S/C23H28N2O5/c1-14(22(27)25-23(28)24-18-8-3-2-4-9-18)30-21(26)12-17-13-29-20-11-16-7-5-6-15(16)10-19(17)20/h10-11,13-14,18H,2-9,12H2,1H3,(H2,24,25,27,28)/t14-/m0/s1. The predicted molar refractivity (Wildman–Crippen MR) is 111 cm³/mol. The first-order valence-corrected chi connectivity index (χ1v) is 10.8. The number of imide groups is 1. The van der Waals surface area contributed by atoms with E-state index in [0.717, 1.165) is 61.5 Å². The van der Waals surface area contributed by atoms with E-state index < -0.39 is 24.0 Å². The third kappa shape index (κ3) is 4.66. The average molecular weight is 412 g/mol. The first kappa shape index (κ1) is 20.4. The summed E-state index contributed by atoms with van der Waals surface area (Å²) < 4.78 is 10.9. The number of carbonyl (C=O) groups excluding carboxylic acids is 3. The molecule has 1 heterocycles. The number of hydrogen-bond donors (Lipinski definition) is 2. The van der Waals surface area contributed by atoms with Gasteiger partial charge in [0.1, 0.15) is 5.58 Å². The summed E-state index contributed by atoms with van der Waals surface area (Å²) in [5.74, 6) is -1.17. The van der Waals surface area contributed by atoms with Gasteiger partial charge in [0.05, 0.1) is 12.7 Å². The minimum atomic E-state index is -1.06. The highest BCUT2D eigenvalue weighted by molar-refractivity contribution is 5.97. The molecule has 3 amide bonds. The number of urea groups is 1. The van der Waals surface area contributed by atoms with Crippen molar-refractivity contribution in [2.45, 2.75) is 76.9 Å². The van der Waals surface area contributed by atoms with E-state index >= 15 is 0 Å². The molecule has 7 heteroatoms. The maximum Gasteiger partial charge on any atom is 0.321 e. The number of amides is 3. The van der Waals surface area contributed by atoms with E-state index in [1.807, 2.05) is 6.07 Å². The molecule has 1 fully saturated rings. The van der Waals surface area contributed by atoms with Crippen LogP contribution >= 0.6 is 0 Å². The minimum absolute atomic E-state index is 0.0116. The van der Waals surface area contributed by atoms with Gasteiger partial charge in [-0.1, -0.05) is 19.3 Å². The van der Waals surface area contributed by atoms with Gasteiger partial charge in [-0.2, -0.15) is 0 Å². The van der Waals surface area contributed by atoms with Gasteiger partial charge >= 0.3 is 12.0 Å². The van der Waals surface area contributed by atoms with Gasteiger partial charge < -0.3 is 14.5 Å². The maximum absolute atomic E-state index is 12.4. The summed E-state index contributed by atoms with van der Waals surface area (Å²) in [6.45, 7) is 1.46. The molecule has 1 atom stereocenters. The van der Waals surface area contributed by atoms with Gasteiger partial charge in [-0.3, -0.25) is 14.9 Å². The van der Waals surface area contributed by atoms with Crippen LogP contribution in [-0.4, -0.2) is 30.1 Å². The lowest BCUT2D eigenvalue weighted by Crippen LogP contribution is -2.48. The van der Waals surface area contributed by atoms with Crippen LogP contribution in [0.25, 0.3) is 11.0 Å². The van der Waals surface area contributed by atoms with Crippen molar-refractivity contribution in [1.82, 2.24) is 10.6 Å². The molecular weight excluding hydrogens is 384 g/mol. The van der Waals surface area contributed by atoms with Gasteiger partial charge in [0.2, 0.25) is 0 Å². The Morgan fingerprint density at radius 1 is 1.10 bits per heavy atom. The van der Waals surface area contributed by atoms with Crippen molar-refractivity contribution >= 4 is 28.9 Å². The third-order valence-corrected chi connectivity index (χ3v) is 6.06. The number of hydrogen-bond acceptors (Lipinski definition) is 5. The number of nitrogens with one attached hydrogen (secondary N) is 2. The molecule has 2 N–H and O–H groups in total. The van der Waals surface area contributed by atoms with Crippen LogP contribution in [0.3, 0.4) is 0 Å². The van der Waals surface area contributed by atoms with Gasteiger partial charge in [0.15, 0.2) is 6.10 Å². The molecule has 0 bridgehead atoms. The van der Waals surface area contributed by atoms with E-state index in [4.69, 9.17) is 9.15 Å². The Morgan fingerprint density at radius 3 is 2.60 bits per heavy atom. The zero-order valence-corrected chi connectivity index (χ0v) is 17.3. The molecule has 0 saturated heterocycles. The lowest BCUT2D eigenvalue weighted by molar-refractivity contribution is -0.153. The summed E-state index contributed by atoms with van der Waals surface area (Å²) >= 11 is 0. The van der Waals surface area contributed by atoms with Crippen LogP contribution in [-0.2, 0) is 33.6 Å². The van der Waals surface area contributed by atoms with Crippen LogP contribution in [0.15, 0.2) is 22.8 Å². The molecule has 2 aliphatic carbocycles. The molecule has 7 nitrogen and oxygen atoms in total. The number of aryl methyl sites for hydroxylation is 2. The van der Waals surface area contributed by atoms with Gasteiger partial charge in [-0.25, -0.2) is 4.79 Å². The van der Waals surface area contributed by atoms with E-state index in [9.17, 15) is 14.4 Å². The van der Waals surface area contributed by atoms with Crippen molar-refractivity contribution in [3.05, 3.63) is 35.1 Å². The number of esters is 1. The molecule has 30 heavy (non-hydrogen) atoms. The lowest BCUT2D eigenvalue weighted by atomic mass is 9.96. The van der Waals surface area contributed by atoms with Crippen LogP contribution in [0, 0.1) is 0 Å². The number of fused-ring (bicyclic) bond motifs is 2. The van der Waals surface area contributed by atoms with Crippen molar-refractivity contribution in [3.8, 4) is 0 Å². The largest absolute Gasteiger partial charge is 0.464 e. The average Bonchev–Trinajstić information content (AvgIpc) is 3.33. The molecule has 1 aromatic carbocycles. The minimum Gasteiger partial charge on any atom is -0.464 e. The molecule has 0 aliphatic heterocycles. The zero-order valence-electron chi connectivity index (χ0n) is 17.3. The molecule has 160 valence electrons. The SMILES string of the molecule is C[C@H](OC(=O)Cc1coc2cc3c(cc12)CCC3)C(=O)NC(=O)NC1CCCCC1. The number of benzene rings is 1. The van der Waals surface area contributed by atoms with Crippen LogP contribution in [0.4, 0.5) is 4.79 Å². The Morgan fingerprint density at radius 2 is 1.83 bits per heavy atom. The summed E-state index contributed by atoms with van der Waals surface area (Å²) in [6, 6.07) is 3.70. The van der Waals surface area contributed by atoms with Crippen molar-refractivity contribution in [1.29, 1.82) is 0 Å². The van der Waals surface area contributed by atoms with Crippen LogP contribution in [0.1, 0.15) is 62.1 Å². The van der Waals surface area contributed by atoms with E-state index in [-0.39, 0.29) is 12.5 Å². The Hall–Kier alpha value is -2.83. The fourth-order valence-electron chi connectivity index (χ4n) is 4.41. The topological polar surface area (TPSA) is 97.6 Å². The van der Waals surface area contributed by atoms with E-state index in [1.165, 1.54) is 24.5 Å². The second kappa shape index (κ2) is 8.90. The first-order chi connectivity index (χ1) is 14.5. The normalized spacial score (nSPS) is 17.4. The molecule has 0 radical (unpaired) electrons. The molecule has 4 rings (SSSR count). The van der Waals surface area contributed by atoms with E-state index in [0.29, 0.717) is 0 Å². The molecule has 0 unspecified atom stereocenters. The summed E-state index contributed by atoms with van der Waals surface area (Å²) in [5.41, 5.74) is 4.12. The Bertz CT molecular complexity index is 958. The maximum atomic E-state index is 12.4. The molecule has 2 aliphatic rings.